The third-order valence-corrected chi connectivity index (χ3v) is 5.93. The van der Waals surface area contributed by atoms with Crippen molar-refractivity contribution in [1.82, 2.24) is 0 Å². The van der Waals surface area contributed by atoms with Crippen LogP contribution in [0.15, 0.2) is 35.2 Å². The zero-order valence-corrected chi connectivity index (χ0v) is 17.6. The standard InChI is InChI=1S/C21H33NO5S/c1-2-3-4-5-6-10-13-20(23)18(16-17-22)14-15-21(24)27-28(25,26)19-11-8-7-9-12-19/h7-9,11-12,18H,2-6,10,13-17,22H2,1H3. The quantitative estimate of drug-likeness (QED) is 0.346. The first-order valence-electron chi connectivity index (χ1n) is 10.2. The van der Waals surface area contributed by atoms with E-state index in [1.807, 2.05) is 0 Å². The maximum absolute atomic E-state index is 12.4. The van der Waals surface area contributed by atoms with Gasteiger partial charge < -0.3 is 9.92 Å². The highest BCUT2D eigenvalue weighted by molar-refractivity contribution is 7.87. The molecule has 1 aromatic rings. The Bertz CT molecular complexity index is 688. The van der Waals surface area contributed by atoms with Gasteiger partial charge in [0.05, 0.1) is 0 Å². The molecule has 0 saturated heterocycles. The van der Waals surface area contributed by atoms with Crippen LogP contribution < -0.4 is 5.73 Å². The number of ketones is 1. The van der Waals surface area contributed by atoms with E-state index in [0.717, 1.165) is 19.3 Å². The Morgan fingerprint density at radius 2 is 1.61 bits per heavy atom. The zero-order valence-electron chi connectivity index (χ0n) is 16.8. The zero-order chi connectivity index (χ0) is 20.8. The number of rotatable bonds is 15. The molecule has 0 spiro atoms. The third kappa shape index (κ3) is 9.46. The van der Waals surface area contributed by atoms with Crippen molar-refractivity contribution in [3.05, 3.63) is 30.3 Å². The molecule has 0 bridgehead atoms. The van der Waals surface area contributed by atoms with Gasteiger partial charge >= 0.3 is 16.1 Å². The van der Waals surface area contributed by atoms with E-state index in [1.54, 1.807) is 18.2 Å². The Kier molecular flexibility index (Phi) is 11.7. The van der Waals surface area contributed by atoms with E-state index in [0.29, 0.717) is 19.4 Å². The van der Waals surface area contributed by atoms with E-state index < -0.39 is 16.1 Å². The summed E-state index contributed by atoms with van der Waals surface area (Å²) in [5, 5.41) is 0. The summed E-state index contributed by atoms with van der Waals surface area (Å²) < 4.78 is 28.8. The highest BCUT2D eigenvalue weighted by Crippen LogP contribution is 2.19. The second-order valence-corrected chi connectivity index (χ2v) is 8.57. The lowest BCUT2D eigenvalue weighted by Gasteiger charge is -2.14. The molecule has 0 amide bonds. The second-order valence-electron chi connectivity index (χ2n) is 7.02. The minimum Gasteiger partial charge on any atom is -0.342 e. The average molecular weight is 412 g/mol. The molecule has 1 aromatic carbocycles. The first kappa shape index (κ1) is 24.3. The van der Waals surface area contributed by atoms with Crippen molar-refractivity contribution >= 4 is 21.9 Å². The lowest BCUT2D eigenvalue weighted by molar-refractivity contribution is -0.134. The van der Waals surface area contributed by atoms with Crippen LogP contribution >= 0.6 is 0 Å². The van der Waals surface area contributed by atoms with Crippen molar-refractivity contribution in [1.29, 1.82) is 0 Å². The third-order valence-electron chi connectivity index (χ3n) is 4.68. The highest BCUT2D eigenvalue weighted by atomic mass is 32.2. The van der Waals surface area contributed by atoms with Crippen LogP contribution in [0.5, 0.6) is 0 Å². The fraction of sp³-hybridized carbons (Fsp3) is 0.619. The number of nitrogens with two attached hydrogens (primary N) is 1. The molecule has 0 saturated carbocycles. The Hall–Kier alpha value is -1.73. The molecule has 2 N–H and O–H groups in total. The largest absolute Gasteiger partial charge is 0.342 e. The molecule has 1 unspecified atom stereocenters. The van der Waals surface area contributed by atoms with Gasteiger partial charge in [0.1, 0.15) is 10.7 Å². The van der Waals surface area contributed by atoms with Crippen molar-refractivity contribution in [2.45, 2.75) is 76.0 Å². The molecular formula is C21H33NO5S. The van der Waals surface area contributed by atoms with Crippen LogP contribution in [0.2, 0.25) is 0 Å². The van der Waals surface area contributed by atoms with Gasteiger partial charge in [-0.25, -0.2) is 0 Å². The number of unbranched alkanes of at least 4 members (excludes halogenated alkanes) is 5. The molecule has 0 aliphatic heterocycles. The molecule has 0 heterocycles. The number of Topliss-reactive ketones (excluding diaryl/α,β-unsaturated/α-hetero) is 1. The van der Waals surface area contributed by atoms with Crippen molar-refractivity contribution in [2.24, 2.45) is 11.7 Å². The van der Waals surface area contributed by atoms with Crippen LogP contribution in [-0.4, -0.2) is 26.7 Å². The van der Waals surface area contributed by atoms with Gasteiger partial charge in [-0.05, 0) is 37.9 Å². The summed E-state index contributed by atoms with van der Waals surface area (Å²) in [5.41, 5.74) is 5.60. The van der Waals surface area contributed by atoms with E-state index in [2.05, 4.69) is 11.1 Å². The van der Waals surface area contributed by atoms with Crippen molar-refractivity contribution < 1.29 is 22.2 Å². The van der Waals surface area contributed by atoms with Crippen LogP contribution in [-0.2, 0) is 23.9 Å². The summed E-state index contributed by atoms with van der Waals surface area (Å²) in [7, 11) is -4.12. The predicted molar refractivity (Wildman–Crippen MR) is 109 cm³/mol. The first-order valence-corrected chi connectivity index (χ1v) is 11.6. The van der Waals surface area contributed by atoms with E-state index in [4.69, 9.17) is 5.73 Å². The summed E-state index contributed by atoms with van der Waals surface area (Å²) >= 11 is 0. The fourth-order valence-electron chi connectivity index (χ4n) is 3.04. The predicted octanol–water partition coefficient (Wildman–Crippen LogP) is 3.98. The summed E-state index contributed by atoms with van der Waals surface area (Å²) in [6.07, 6.45) is 7.71. The van der Waals surface area contributed by atoms with Crippen molar-refractivity contribution in [2.75, 3.05) is 6.54 Å². The van der Waals surface area contributed by atoms with Crippen LogP contribution in [0.4, 0.5) is 0 Å². The van der Waals surface area contributed by atoms with E-state index in [9.17, 15) is 18.0 Å². The summed E-state index contributed by atoms with van der Waals surface area (Å²) in [4.78, 5) is 24.3. The topological polar surface area (TPSA) is 104 Å². The maximum Gasteiger partial charge on any atom is 0.341 e. The second kappa shape index (κ2) is 13.4. The van der Waals surface area contributed by atoms with Crippen LogP contribution in [0.1, 0.15) is 71.1 Å². The molecule has 0 aliphatic rings. The molecule has 28 heavy (non-hydrogen) atoms. The minimum absolute atomic E-state index is 0.0685. The molecular weight excluding hydrogens is 378 g/mol. The van der Waals surface area contributed by atoms with Gasteiger partial charge in [0.2, 0.25) is 0 Å². The van der Waals surface area contributed by atoms with Crippen LogP contribution in [0.3, 0.4) is 0 Å². The number of hydrogen-bond acceptors (Lipinski definition) is 6. The molecule has 0 aromatic heterocycles. The molecule has 1 atom stereocenters. The van der Waals surface area contributed by atoms with Gasteiger partial charge in [0, 0.05) is 18.8 Å². The molecule has 7 heteroatoms. The van der Waals surface area contributed by atoms with Crippen LogP contribution in [0.25, 0.3) is 0 Å². The van der Waals surface area contributed by atoms with E-state index in [-0.39, 0.29) is 29.4 Å². The number of hydrogen-bond donors (Lipinski definition) is 1. The monoisotopic (exact) mass is 411 g/mol. The highest BCUT2D eigenvalue weighted by Gasteiger charge is 2.23. The summed E-state index contributed by atoms with van der Waals surface area (Å²) in [6.45, 7) is 2.52. The first-order chi connectivity index (χ1) is 13.4. The fourth-order valence-corrected chi connectivity index (χ4v) is 3.96. The number of carbonyl (C=O) groups excluding carboxylic acids is 2. The smallest absolute Gasteiger partial charge is 0.341 e. The summed E-state index contributed by atoms with van der Waals surface area (Å²) in [5.74, 6) is -1.08. The van der Waals surface area contributed by atoms with Gasteiger partial charge in [0.15, 0.2) is 0 Å². The Morgan fingerprint density at radius 1 is 0.964 bits per heavy atom. The molecule has 0 fully saturated rings. The van der Waals surface area contributed by atoms with E-state index >= 15 is 0 Å². The van der Waals surface area contributed by atoms with Gasteiger partial charge in [-0.1, -0.05) is 57.2 Å². The van der Waals surface area contributed by atoms with Crippen LogP contribution in [0, 0.1) is 5.92 Å². The maximum atomic E-state index is 12.4. The average Bonchev–Trinajstić information content (AvgIpc) is 2.68. The lowest BCUT2D eigenvalue weighted by atomic mass is 9.91. The number of benzene rings is 1. The molecule has 0 radical (unpaired) electrons. The molecule has 6 nitrogen and oxygen atoms in total. The van der Waals surface area contributed by atoms with Crippen molar-refractivity contribution in [3.8, 4) is 0 Å². The molecule has 0 aliphatic carbocycles. The lowest BCUT2D eigenvalue weighted by Crippen LogP contribution is -2.21. The Balaban J connectivity index is 2.44. The normalized spacial score (nSPS) is 12.5. The van der Waals surface area contributed by atoms with E-state index in [1.165, 1.54) is 31.4 Å². The van der Waals surface area contributed by atoms with Gasteiger partial charge in [-0.2, -0.15) is 8.42 Å². The summed E-state index contributed by atoms with van der Waals surface area (Å²) in [6, 6.07) is 7.51. The molecule has 1 rings (SSSR count). The van der Waals surface area contributed by atoms with Gasteiger partial charge in [-0.3, -0.25) is 9.59 Å². The Labute approximate surface area is 169 Å². The van der Waals surface area contributed by atoms with Gasteiger partial charge in [0.25, 0.3) is 0 Å². The SMILES string of the molecule is CCCCCCCCC(=O)C(CCN)CCC(=O)OS(=O)(=O)c1ccccc1. The van der Waals surface area contributed by atoms with Gasteiger partial charge in [-0.15, -0.1) is 0 Å². The Morgan fingerprint density at radius 3 is 2.25 bits per heavy atom. The minimum atomic E-state index is -4.12. The van der Waals surface area contributed by atoms with Crippen molar-refractivity contribution in [3.63, 3.8) is 0 Å². The number of carbonyl (C=O) groups is 2. The molecule has 158 valence electrons.